The van der Waals surface area contributed by atoms with E-state index in [2.05, 4.69) is 10.2 Å². The zero-order valence-electron chi connectivity index (χ0n) is 9.07. The van der Waals surface area contributed by atoms with Gasteiger partial charge in [0.25, 0.3) is 0 Å². The molecule has 0 aliphatic heterocycles. The SMILES string of the molecule is Cc1nnc(C23CCC(N)C(CC2)C3)o1. The summed E-state index contributed by atoms with van der Waals surface area (Å²) < 4.78 is 5.62. The number of hydrogen-bond donors (Lipinski definition) is 1. The molecular formula is C11H17N3O. The number of hydrogen-bond acceptors (Lipinski definition) is 4. The molecule has 1 aromatic rings. The van der Waals surface area contributed by atoms with E-state index in [9.17, 15) is 0 Å². The number of nitrogens with two attached hydrogens (primary N) is 1. The van der Waals surface area contributed by atoms with Crippen molar-refractivity contribution >= 4 is 0 Å². The fourth-order valence-electron chi connectivity index (χ4n) is 3.25. The lowest BCUT2D eigenvalue weighted by Crippen LogP contribution is -2.37. The Kier molecular flexibility index (Phi) is 1.89. The first-order valence-electron chi connectivity index (χ1n) is 5.76. The zero-order chi connectivity index (χ0) is 10.5. The highest BCUT2D eigenvalue weighted by atomic mass is 16.4. The van der Waals surface area contributed by atoms with Crippen LogP contribution in [0, 0.1) is 12.8 Å². The van der Waals surface area contributed by atoms with Gasteiger partial charge in [-0.25, -0.2) is 0 Å². The van der Waals surface area contributed by atoms with Gasteiger partial charge in [-0.2, -0.15) is 0 Å². The Morgan fingerprint density at radius 1 is 1.33 bits per heavy atom. The second-order valence-electron chi connectivity index (χ2n) is 5.11. The zero-order valence-corrected chi connectivity index (χ0v) is 9.07. The van der Waals surface area contributed by atoms with Crippen LogP contribution in [-0.2, 0) is 5.41 Å². The summed E-state index contributed by atoms with van der Waals surface area (Å²) in [6.45, 7) is 1.86. The molecule has 4 nitrogen and oxygen atoms in total. The van der Waals surface area contributed by atoms with E-state index < -0.39 is 0 Å². The number of nitrogens with zero attached hydrogens (tertiary/aromatic N) is 2. The highest BCUT2D eigenvalue weighted by molar-refractivity contribution is 5.13. The summed E-state index contributed by atoms with van der Waals surface area (Å²) in [5.74, 6) is 2.21. The third-order valence-corrected chi connectivity index (χ3v) is 4.19. The van der Waals surface area contributed by atoms with E-state index in [-0.39, 0.29) is 5.41 Å². The van der Waals surface area contributed by atoms with Crippen LogP contribution >= 0.6 is 0 Å². The Morgan fingerprint density at radius 3 is 2.87 bits per heavy atom. The molecule has 0 radical (unpaired) electrons. The molecule has 1 aromatic heterocycles. The fraction of sp³-hybridized carbons (Fsp3) is 0.818. The molecule has 0 spiro atoms. The van der Waals surface area contributed by atoms with Crippen LogP contribution in [-0.4, -0.2) is 16.2 Å². The van der Waals surface area contributed by atoms with Gasteiger partial charge in [-0.1, -0.05) is 0 Å². The van der Waals surface area contributed by atoms with Crippen molar-refractivity contribution < 1.29 is 4.42 Å². The maximum Gasteiger partial charge on any atom is 0.222 e. The first-order chi connectivity index (χ1) is 7.20. The topological polar surface area (TPSA) is 64.9 Å². The first kappa shape index (κ1) is 9.33. The van der Waals surface area contributed by atoms with E-state index in [1.54, 1.807) is 0 Å². The largest absolute Gasteiger partial charge is 0.425 e. The molecule has 1 heterocycles. The highest BCUT2D eigenvalue weighted by Gasteiger charge is 2.49. The van der Waals surface area contributed by atoms with E-state index in [1.807, 2.05) is 6.92 Å². The van der Waals surface area contributed by atoms with Crippen molar-refractivity contribution in [2.75, 3.05) is 0 Å². The van der Waals surface area contributed by atoms with Gasteiger partial charge in [-0.15, -0.1) is 10.2 Å². The van der Waals surface area contributed by atoms with Crippen molar-refractivity contribution in [3.63, 3.8) is 0 Å². The van der Waals surface area contributed by atoms with Gasteiger partial charge < -0.3 is 10.2 Å². The average molecular weight is 207 g/mol. The molecule has 0 saturated heterocycles. The summed E-state index contributed by atoms with van der Waals surface area (Å²) >= 11 is 0. The number of fused-ring (bicyclic) bond motifs is 2. The monoisotopic (exact) mass is 207 g/mol. The third-order valence-electron chi connectivity index (χ3n) is 4.19. The molecule has 2 N–H and O–H groups in total. The van der Waals surface area contributed by atoms with Crippen LogP contribution in [0.2, 0.25) is 0 Å². The Balaban J connectivity index is 1.93. The van der Waals surface area contributed by atoms with Crippen LogP contribution in [0.25, 0.3) is 0 Å². The van der Waals surface area contributed by atoms with Crippen LogP contribution in [0.5, 0.6) is 0 Å². The summed E-state index contributed by atoms with van der Waals surface area (Å²) in [5, 5.41) is 8.15. The highest BCUT2D eigenvalue weighted by Crippen LogP contribution is 2.51. The lowest BCUT2D eigenvalue weighted by Gasteiger charge is -2.33. The summed E-state index contributed by atoms with van der Waals surface area (Å²) in [4.78, 5) is 0. The normalized spacial score (nSPS) is 39.6. The quantitative estimate of drug-likeness (QED) is 0.758. The second kappa shape index (κ2) is 3.04. The molecule has 0 aromatic carbocycles. The minimum absolute atomic E-state index is 0.168. The predicted octanol–water partition coefficient (Wildman–Crippen LogP) is 1.54. The van der Waals surface area contributed by atoms with Crippen LogP contribution < -0.4 is 5.73 Å². The van der Waals surface area contributed by atoms with E-state index >= 15 is 0 Å². The molecular weight excluding hydrogens is 190 g/mol. The minimum Gasteiger partial charge on any atom is -0.425 e. The van der Waals surface area contributed by atoms with E-state index in [1.165, 1.54) is 12.8 Å². The van der Waals surface area contributed by atoms with Crippen molar-refractivity contribution in [3.05, 3.63) is 11.8 Å². The Labute approximate surface area is 89.2 Å². The van der Waals surface area contributed by atoms with E-state index in [0.717, 1.165) is 25.2 Å². The van der Waals surface area contributed by atoms with Gasteiger partial charge in [0.15, 0.2) is 0 Å². The smallest absolute Gasteiger partial charge is 0.222 e. The molecule has 4 heteroatoms. The lowest BCUT2D eigenvalue weighted by molar-refractivity contribution is 0.229. The molecule has 2 aliphatic rings. The number of aromatic nitrogens is 2. The lowest BCUT2D eigenvalue weighted by atomic mass is 9.74. The second-order valence-corrected chi connectivity index (χ2v) is 5.11. The standard InChI is InChI=1S/C11H17N3O/c1-7-13-14-10(15-7)11-4-2-8(6-11)9(12)3-5-11/h8-9H,2-6,12H2,1H3. The molecule has 15 heavy (non-hydrogen) atoms. The number of aryl methyl sites for hydroxylation is 1. The molecule has 2 fully saturated rings. The Morgan fingerprint density at radius 2 is 2.13 bits per heavy atom. The number of rotatable bonds is 1. The van der Waals surface area contributed by atoms with E-state index in [0.29, 0.717) is 17.9 Å². The van der Waals surface area contributed by atoms with Crippen molar-refractivity contribution in [2.24, 2.45) is 11.7 Å². The van der Waals surface area contributed by atoms with Crippen molar-refractivity contribution in [1.82, 2.24) is 10.2 Å². The fourth-order valence-corrected chi connectivity index (χ4v) is 3.25. The maximum atomic E-state index is 6.09. The molecule has 3 unspecified atom stereocenters. The van der Waals surface area contributed by atoms with Gasteiger partial charge in [0.1, 0.15) is 0 Å². The molecule has 2 aliphatic carbocycles. The molecule has 82 valence electrons. The molecule has 3 atom stereocenters. The Hall–Kier alpha value is -0.900. The van der Waals surface area contributed by atoms with Crippen LogP contribution in [0.1, 0.15) is 43.9 Å². The van der Waals surface area contributed by atoms with Crippen molar-refractivity contribution in [1.29, 1.82) is 0 Å². The summed E-state index contributed by atoms with van der Waals surface area (Å²) in [6, 6.07) is 0.393. The average Bonchev–Trinajstić information content (AvgIpc) is 2.79. The molecule has 2 bridgehead atoms. The first-order valence-corrected chi connectivity index (χ1v) is 5.76. The van der Waals surface area contributed by atoms with Gasteiger partial charge in [0.05, 0.1) is 0 Å². The van der Waals surface area contributed by atoms with E-state index in [4.69, 9.17) is 10.2 Å². The van der Waals surface area contributed by atoms with Gasteiger partial charge in [-0.3, -0.25) is 0 Å². The third kappa shape index (κ3) is 1.31. The minimum atomic E-state index is 0.168. The van der Waals surface area contributed by atoms with Crippen molar-refractivity contribution in [2.45, 2.75) is 50.5 Å². The van der Waals surface area contributed by atoms with Gasteiger partial charge in [-0.05, 0) is 38.0 Å². The van der Waals surface area contributed by atoms with Gasteiger partial charge in [0, 0.05) is 18.4 Å². The molecule has 3 rings (SSSR count). The van der Waals surface area contributed by atoms with Crippen LogP contribution in [0.15, 0.2) is 4.42 Å². The Bertz CT molecular complexity index is 376. The maximum absolute atomic E-state index is 6.09. The molecule has 2 saturated carbocycles. The van der Waals surface area contributed by atoms with Gasteiger partial charge in [0.2, 0.25) is 11.8 Å². The summed E-state index contributed by atoms with van der Waals surface area (Å²) in [5.41, 5.74) is 6.26. The molecule has 0 amide bonds. The van der Waals surface area contributed by atoms with Crippen molar-refractivity contribution in [3.8, 4) is 0 Å². The van der Waals surface area contributed by atoms with Gasteiger partial charge >= 0.3 is 0 Å². The predicted molar refractivity (Wildman–Crippen MR) is 55.3 cm³/mol. The van der Waals surface area contributed by atoms with Crippen LogP contribution in [0.4, 0.5) is 0 Å². The van der Waals surface area contributed by atoms with Crippen LogP contribution in [0.3, 0.4) is 0 Å². The summed E-state index contributed by atoms with van der Waals surface area (Å²) in [6.07, 6.45) is 5.77. The summed E-state index contributed by atoms with van der Waals surface area (Å²) in [7, 11) is 0.